The molecule has 0 spiro atoms. The molecule has 1 saturated heterocycles. The van der Waals surface area contributed by atoms with E-state index in [1.165, 1.54) is 29.5 Å². The normalized spacial score (nSPS) is 40.1. The minimum atomic E-state index is 0.380. The fraction of sp³-hybridized carbons (Fsp3) is 1.00. The first-order valence-electron chi connectivity index (χ1n) is 3.14. The summed E-state index contributed by atoms with van der Waals surface area (Å²) in [5.41, 5.74) is 0. The molecular formula is C5H13AsOSi. The van der Waals surface area contributed by atoms with Crippen LogP contribution in [0, 0.1) is 0 Å². The Morgan fingerprint density at radius 3 is 2.50 bits per heavy atom. The molecule has 1 aliphatic rings. The Balaban J connectivity index is 2.33. The quantitative estimate of drug-likeness (QED) is 0.440. The summed E-state index contributed by atoms with van der Waals surface area (Å²) < 4.78 is 5.93. The summed E-state index contributed by atoms with van der Waals surface area (Å²) in [6.07, 6.45) is 3.99. The summed E-state index contributed by atoms with van der Waals surface area (Å²) in [7, 11) is 1.22. The van der Waals surface area contributed by atoms with E-state index < -0.39 is 0 Å². The van der Waals surface area contributed by atoms with Gasteiger partial charge < -0.3 is 0 Å². The van der Waals surface area contributed by atoms with Gasteiger partial charge in [-0.3, -0.25) is 0 Å². The average molecular weight is 192 g/mol. The molecule has 0 radical (unpaired) electrons. The van der Waals surface area contributed by atoms with Crippen LogP contribution in [-0.2, 0) is 4.74 Å². The fourth-order valence-electron chi connectivity index (χ4n) is 0.956. The number of hydrogen-bond donors (Lipinski definition) is 0. The van der Waals surface area contributed by atoms with E-state index in [1.54, 1.807) is 16.9 Å². The molecule has 0 saturated carbocycles. The van der Waals surface area contributed by atoms with Crippen LogP contribution in [0.15, 0.2) is 0 Å². The third kappa shape index (κ3) is 1.92. The second kappa shape index (κ2) is 2.55. The average Bonchev–Trinajstić information content (AvgIpc) is 1.65. The molecule has 1 aliphatic heterocycles. The number of ether oxygens (including phenoxy) is 1. The van der Waals surface area contributed by atoms with E-state index in [-0.39, 0.29) is 0 Å². The van der Waals surface area contributed by atoms with Crippen LogP contribution in [0.5, 0.6) is 0 Å². The van der Waals surface area contributed by atoms with Crippen molar-refractivity contribution in [1.82, 2.24) is 0 Å². The Kier molecular flexibility index (Phi) is 2.18. The van der Waals surface area contributed by atoms with Crippen LogP contribution < -0.4 is 0 Å². The molecule has 2 atom stereocenters. The molecule has 0 aliphatic carbocycles. The van der Waals surface area contributed by atoms with Crippen LogP contribution in [0.2, 0.25) is 0 Å². The van der Waals surface area contributed by atoms with Gasteiger partial charge in [-0.05, 0) is 0 Å². The molecule has 1 fully saturated rings. The van der Waals surface area contributed by atoms with Gasteiger partial charge in [0.1, 0.15) is 0 Å². The van der Waals surface area contributed by atoms with Gasteiger partial charge in [0, 0.05) is 0 Å². The first-order chi connectivity index (χ1) is 3.71. The van der Waals surface area contributed by atoms with Gasteiger partial charge in [-0.1, -0.05) is 0 Å². The van der Waals surface area contributed by atoms with Gasteiger partial charge in [0.25, 0.3) is 0 Å². The van der Waals surface area contributed by atoms with E-state index in [2.05, 4.69) is 0 Å². The standard InChI is InChI=1S/C5H13AsOSi/c6-5(8)3-1-2-4-7-5/h1-4,6H2,8H3. The van der Waals surface area contributed by atoms with E-state index in [0.29, 0.717) is 4.01 Å². The van der Waals surface area contributed by atoms with Crippen molar-refractivity contribution in [2.75, 3.05) is 6.61 Å². The van der Waals surface area contributed by atoms with E-state index in [9.17, 15) is 0 Å². The third-order valence-electron chi connectivity index (χ3n) is 1.50. The molecule has 0 aromatic heterocycles. The van der Waals surface area contributed by atoms with Crippen LogP contribution in [0.1, 0.15) is 19.3 Å². The molecule has 0 amide bonds. The predicted octanol–water partition coefficient (Wildman–Crippen LogP) is -1.16. The summed E-state index contributed by atoms with van der Waals surface area (Å²) in [5, 5.41) is 0. The second-order valence-corrected chi connectivity index (χ2v) is 9.30. The fourth-order valence-corrected chi connectivity index (χ4v) is 2.19. The minimum absolute atomic E-state index is 0.380. The first kappa shape index (κ1) is 6.85. The SMILES string of the molecule is [SiH3]C1([AsH2])CCCCO1. The molecule has 0 aromatic rings. The summed E-state index contributed by atoms with van der Waals surface area (Å²) >= 11 is 1.78. The zero-order valence-electron chi connectivity index (χ0n) is 5.31. The molecule has 1 nitrogen and oxygen atoms in total. The first-order valence-corrected chi connectivity index (χ1v) is 5.35. The maximum absolute atomic E-state index is 5.55. The van der Waals surface area contributed by atoms with Crippen molar-refractivity contribution in [3.8, 4) is 0 Å². The zero-order valence-corrected chi connectivity index (χ0v) is 9.74. The van der Waals surface area contributed by atoms with Gasteiger partial charge in [0.2, 0.25) is 0 Å². The molecule has 0 aromatic carbocycles. The van der Waals surface area contributed by atoms with Crippen LogP contribution in [0.3, 0.4) is 0 Å². The summed E-state index contributed by atoms with van der Waals surface area (Å²) in [6.45, 7) is 1.02. The Labute approximate surface area is 62.1 Å². The van der Waals surface area contributed by atoms with Gasteiger partial charge in [-0.2, -0.15) is 0 Å². The van der Waals surface area contributed by atoms with Crippen LogP contribution in [0.4, 0.5) is 0 Å². The van der Waals surface area contributed by atoms with E-state index in [4.69, 9.17) is 4.74 Å². The van der Waals surface area contributed by atoms with Gasteiger partial charge >= 0.3 is 61.7 Å². The predicted molar refractivity (Wildman–Crippen MR) is 41.0 cm³/mol. The Bertz CT molecular complexity index is 76.5. The molecule has 1 rings (SSSR count). The van der Waals surface area contributed by atoms with Crippen LogP contribution in [-0.4, -0.2) is 37.7 Å². The van der Waals surface area contributed by atoms with Crippen molar-refractivity contribution < 1.29 is 4.74 Å². The number of rotatable bonds is 0. The monoisotopic (exact) mass is 192 g/mol. The van der Waals surface area contributed by atoms with E-state index >= 15 is 0 Å². The zero-order chi connectivity index (χ0) is 6.04. The summed E-state index contributed by atoms with van der Waals surface area (Å²) in [4.78, 5) is 0. The van der Waals surface area contributed by atoms with Crippen molar-refractivity contribution in [2.24, 2.45) is 0 Å². The Hall–Kier alpha value is 0.735. The molecule has 48 valence electrons. The van der Waals surface area contributed by atoms with Gasteiger partial charge in [-0.15, -0.1) is 0 Å². The molecule has 8 heavy (non-hydrogen) atoms. The molecule has 0 N–H and O–H groups in total. The van der Waals surface area contributed by atoms with Crippen LogP contribution >= 0.6 is 0 Å². The second-order valence-electron chi connectivity index (χ2n) is 2.62. The molecule has 1 heterocycles. The van der Waals surface area contributed by atoms with Crippen LogP contribution in [0.25, 0.3) is 0 Å². The van der Waals surface area contributed by atoms with Gasteiger partial charge in [-0.25, -0.2) is 0 Å². The molecule has 0 bridgehead atoms. The Morgan fingerprint density at radius 2 is 2.25 bits per heavy atom. The molecule has 2 unspecified atom stereocenters. The molecule has 3 heteroatoms. The van der Waals surface area contributed by atoms with E-state index in [1.807, 2.05) is 0 Å². The number of hydrogen-bond acceptors (Lipinski definition) is 1. The maximum atomic E-state index is 5.55. The van der Waals surface area contributed by atoms with Crippen molar-refractivity contribution in [3.63, 3.8) is 0 Å². The van der Waals surface area contributed by atoms with Crippen molar-refractivity contribution in [3.05, 3.63) is 0 Å². The van der Waals surface area contributed by atoms with Crippen molar-refractivity contribution in [1.29, 1.82) is 0 Å². The summed E-state index contributed by atoms with van der Waals surface area (Å²) in [6, 6.07) is 0. The van der Waals surface area contributed by atoms with Gasteiger partial charge in [0.15, 0.2) is 0 Å². The molecular weight excluding hydrogens is 179 g/mol. The third-order valence-corrected chi connectivity index (χ3v) is 3.24. The topological polar surface area (TPSA) is 9.23 Å². The van der Waals surface area contributed by atoms with Crippen molar-refractivity contribution >= 4 is 27.1 Å². The van der Waals surface area contributed by atoms with Gasteiger partial charge in [0.05, 0.1) is 0 Å². The van der Waals surface area contributed by atoms with Crippen molar-refractivity contribution in [2.45, 2.75) is 23.3 Å². The summed E-state index contributed by atoms with van der Waals surface area (Å²) in [5.74, 6) is 0. The van der Waals surface area contributed by atoms with E-state index in [0.717, 1.165) is 6.61 Å². The Morgan fingerprint density at radius 1 is 1.50 bits per heavy atom.